The zero-order valence-electron chi connectivity index (χ0n) is 17.3. The fraction of sp³-hybridized carbons (Fsp3) is 0.250. The number of carbonyl (C=O) groups is 2. The molecule has 1 fully saturated rings. The summed E-state index contributed by atoms with van der Waals surface area (Å²) in [5.74, 6) is -0.278. The van der Waals surface area contributed by atoms with Crippen molar-refractivity contribution in [3.8, 4) is 0 Å². The third kappa shape index (κ3) is 3.89. The first-order valence-electron chi connectivity index (χ1n) is 10.6. The summed E-state index contributed by atoms with van der Waals surface area (Å²) in [7, 11) is 0. The van der Waals surface area contributed by atoms with Crippen molar-refractivity contribution in [1.82, 2.24) is 14.9 Å². The van der Waals surface area contributed by atoms with E-state index in [9.17, 15) is 9.59 Å². The minimum atomic E-state index is -0.981. The molecule has 0 bridgehead atoms. The quantitative estimate of drug-likeness (QED) is 0.463. The molecule has 1 aliphatic rings. The molecule has 0 spiro atoms. The van der Waals surface area contributed by atoms with E-state index in [-0.39, 0.29) is 17.6 Å². The van der Waals surface area contributed by atoms with E-state index >= 15 is 0 Å². The highest BCUT2D eigenvalue weighted by molar-refractivity contribution is 7.03. The number of hydrogen-bond donors (Lipinski definition) is 1. The van der Waals surface area contributed by atoms with Gasteiger partial charge in [-0.2, -0.15) is 0 Å². The smallest absolute Gasteiger partial charge is 0.280 e. The van der Waals surface area contributed by atoms with Gasteiger partial charge in [0.05, 0.1) is 12.0 Å². The molecule has 2 amide bonds. The molecule has 32 heavy (non-hydrogen) atoms. The lowest BCUT2D eigenvalue weighted by atomic mass is 10.0. The van der Waals surface area contributed by atoms with Crippen LogP contribution in [0, 0.1) is 0 Å². The molecular weight excluding hydrogens is 424 g/mol. The summed E-state index contributed by atoms with van der Waals surface area (Å²) in [6.07, 6.45) is 5.57. The van der Waals surface area contributed by atoms with E-state index in [1.807, 2.05) is 42.5 Å². The normalized spacial score (nSPS) is 15.0. The highest BCUT2D eigenvalue weighted by Gasteiger charge is 2.38. The van der Waals surface area contributed by atoms with Gasteiger partial charge in [0.25, 0.3) is 11.8 Å². The van der Waals surface area contributed by atoms with Crippen LogP contribution in [-0.2, 0) is 4.79 Å². The summed E-state index contributed by atoms with van der Waals surface area (Å²) in [4.78, 5) is 28.8. The lowest BCUT2D eigenvalue weighted by Crippen LogP contribution is -2.46. The number of amides is 2. The summed E-state index contributed by atoms with van der Waals surface area (Å²) in [5.41, 5.74) is 0.803. The van der Waals surface area contributed by atoms with Crippen molar-refractivity contribution in [3.63, 3.8) is 0 Å². The van der Waals surface area contributed by atoms with Crippen LogP contribution in [0.5, 0.6) is 0 Å². The first-order chi connectivity index (χ1) is 15.7. The molecule has 162 valence electrons. The second-order valence-electron chi connectivity index (χ2n) is 7.87. The number of anilines is 1. The van der Waals surface area contributed by atoms with E-state index in [4.69, 9.17) is 4.42 Å². The van der Waals surface area contributed by atoms with E-state index in [0.29, 0.717) is 11.4 Å². The fourth-order valence-corrected chi connectivity index (χ4v) is 4.77. The van der Waals surface area contributed by atoms with E-state index < -0.39 is 11.9 Å². The lowest BCUT2D eigenvalue weighted by molar-refractivity contribution is -0.123. The SMILES string of the molecule is O=C(NC1CCCC1)[C@@H](c1ccco1)N(C(=O)c1csnn1)c1cccc2ccccc12. The topological polar surface area (TPSA) is 88.3 Å². The average Bonchev–Trinajstić information content (AvgIpc) is 3.60. The molecule has 8 heteroatoms. The molecule has 2 aromatic carbocycles. The third-order valence-electron chi connectivity index (χ3n) is 5.84. The van der Waals surface area contributed by atoms with Gasteiger partial charge in [-0.15, -0.1) is 5.10 Å². The summed E-state index contributed by atoms with van der Waals surface area (Å²) in [5, 5.41) is 10.5. The van der Waals surface area contributed by atoms with Crippen LogP contribution in [0.15, 0.2) is 70.7 Å². The maximum atomic E-state index is 13.7. The van der Waals surface area contributed by atoms with Gasteiger partial charge >= 0.3 is 0 Å². The Kier molecular flexibility index (Phi) is 5.68. The summed E-state index contributed by atoms with van der Waals surface area (Å²) >= 11 is 1.10. The second-order valence-corrected chi connectivity index (χ2v) is 8.48. The highest BCUT2D eigenvalue weighted by atomic mass is 32.1. The Labute approximate surface area is 189 Å². The molecule has 2 heterocycles. The number of fused-ring (bicyclic) bond motifs is 1. The van der Waals surface area contributed by atoms with E-state index in [1.54, 1.807) is 17.5 Å². The predicted molar refractivity (Wildman–Crippen MR) is 123 cm³/mol. The van der Waals surface area contributed by atoms with Crippen molar-refractivity contribution in [2.45, 2.75) is 37.8 Å². The van der Waals surface area contributed by atoms with Crippen LogP contribution in [-0.4, -0.2) is 27.4 Å². The molecule has 0 aliphatic heterocycles. The van der Waals surface area contributed by atoms with Crippen molar-refractivity contribution in [1.29, 1.82) is 0 Å². The summed E-state index contributed by atoms with van der Waals surface area (Å²) < 4.78 is 9.53. The molecule has 5 rings (SSSR count). The van der Waals surface area contributed by atoms with Crippen LogP contribution in [0.1, 0.15) is 48.0 Å². The van der Waals surface area contributed by atoms with Crippen LogP contribution in [0.4, 0.5) is 5.69 Å². The molecule has 1 atom stereocenters. The maximum absolute atomic E-state index is 13.7. The number of hydrogen-bond acceptors (Lipinski definition) is 6. The molecular formula is C24H22N4O3S. The number of nitrogens with zero attached hydrogens (tertiary/aromatic N) is 3. The number of furan rings is 1. The Morgan fingerprint density at radius 1 is 1.06 bits per heavy atom. The van der Waals surface area contributed by atoms with Crippen molar-refractivity contribution in [3.05, 3.63) is 77.7 Å². The van der Waals surface area contributed by atoms with Crippen LogP contribution in [0.25, 0.3) is 10.8 Å². The average molecular weight is 447 g/mol. The van der Waals surface area contributed by atoms with Gasteiger partial charge in [0.1, 0.15) is 5.76 Å². The zero-order valence-corrected chi connectivity index (χ0v) is 18.1. The van der Waals surface area contributed by atoms with Gasteiger partial charge in [0, 0.05) is 16.8 Å². The van der Waals surface area contributed by atoms with Gasteiger partial charge in [-0.1, -0.05) is 53.7 Å². The molecule has 1 saturated carbocycles. The van der Waals surface area contributed by atoms with Crippen molar-refractivity contribution >= 4 is 39.8 Å². The third-order valence-corrected chi connectivity index (χ3v) is 6.35. The Bertz CT molecular complexity index is 1210. The molecule has 1 aliphatic carbocycles. The number of benzene rings is 2. The number of aromatic nitrogens is 2. The van der Waals surface area contributed by atoms with Gasteiger partial charge in [-0.25, -0.2) is 0 Å². The summed E-state index contributed by atoms with van der Waals surface area (Å²) in [6.45, 7) is 0. The molecule has 0 unspecified atom stereocenters. The Hall–Kier alpha value is -3.52. The van der Waals surface area contributed by atoms with Gasteiger partial charge < -0.3 is 9.73 Å². The highest BCUT2D eigenvalue weighted by Crippen LogP contribution is 2.35. The largest absolute Gasteiger partial charge is 0.467 e. The fourth-order valence-electron chi connectivity index (χ4n) is 4.34. The standard InChI is InChI=1S/C24H22N4O3S/c29-23(25-17-9-2-3-10-17)22(21-13-6-14-31-21)28(24(30)19-15-32-27-26-19)20-12-5-8-16-7-1-4-11-18(16)20/h1,4-8,11-15,17,22H,2-3,9-10H2,(H,25,29)/t22-/m1/s1. The predicted octanol–water partition coefficient (Wildman–Crippen LogP) is 4.73. The van der Waals surface area contributed by atoms with Gasteiger partial charge in [0.15, 0.2) is 11.7 Å². The summed E-state index contributed by atoms with van der Waals surface area (Å²) in [6, 6.07) is 16.1. The first-order valence-corrected chi connectivity index (χ1v) is 11.5. The second kappa shape index (κ2) is 8.92. The Morgan fingerprint density at radius 2 is 1.88 bits per heavy atom. The number of carbonyl (C=O) groups excluding carboxylic acids is 2. The molecule has 1 N–H and O–H groups in total. The number of rotatable bonds is 6. The Balaban J connectivity index is 1.66. The minimum absolute atomic E-state index is 0.102. The van der Waals surface area contributed by atoms with Crippen LogP contribution in [0.3, 0.4) is 0 Å². The van der Waals surface area contributed by atoms with Crippen molar-refractivity contribution in [2.24, 2.45) is 0 Å². The first kappa shape index (κ1) is 20.4. The molecule has 4 aromatic rings. The molecule has 0 saturated heterocycles. The van der Waals surface area contributed by atoms with Gasteiger partial charge in [-0.3, -0.25) is 14.5 Å². The maximum Gasteiger partial charge on any atom is 0.280 e. The van der Waals surface area contributed by atoms with E-state index in [2.05, 4.69) is 14.9 Å². The van der Waals surface area contributed by atoms with Gasteiger partial charge in [-0.05, 0) is 48.0 Å². The van der Waals surface area contributed by atoms with Crippen LogP contribution < -0.4 is 10.2 Å². The zero-order chi connectivity index (χ0) is 21.9. The number of nitrogens with one attached hydrogen (secondary N) is 1. The minimum Gasteiger partial charge on any atom is -0.467 e. The van der Waals surface area contributed by atoms with Gasteiger partial charge in [0.2, 0.25) is 0 Å². The monoisotopic (exact) mass is 446 g/mol. The van der Waals surface area contributed by atoms with E-state index in [1.165, 1.54) is 11.2 Å². The lowest BCUT2D eigenvalue weighted by Gasteiger charge is -2.31. The van der Waals surface area contributed by atoms with Crippen molar-refractivity contribution < 1.29 is 14.0 Å². The molecule has 7 nitrogen and oxygen atoms in total. The molecule has 2 aromatic heterocycles. The van der Waals surface area contributed by atoms with Crippen LogP contribution >= 0.6 is 11.5 Å². The molecule has 0 radical (unpaired) electrons. The Morgan fingerprint density at radius 3 is 2.62 bits per heavy atom. The van der Waals surface area contributed by atoms with Crippen molar-refractivity contribution in [2.75, 3.05) is 4.90 Å². The van der Waals surface area contributed by atoms with E-state index in [0.717, 1.165) is 48.0 Å². The van der Waals surface area contributed by atoms with Crippen LogP contribution in [0.2, 0.25) is 0 Å².